The van der Waals surface area contributed by atoms with E-state index in [0.29, 0.717) is 24.2 Å². The molecule has 1 fully saturated rings. The van der Waals surface area contributed by atoms with Crippen molar-refractivity contribution in [1.29, 1.82) is 5.26 Å². The maximum Gasteiger partial charge on any atom is 0.417 e. The third-order valence-corrected chi connectivity index (χ3v) is 5.98. The number of rotatable bonds is 4. The average molecular weight is 422 g/mol. The first-order chi connectivity index (χ1) is 14.0. The summed E-state index contributed by atoms with van der Waals surface area (Å²) >= 11 is 0. The predicted molar refractivity (Wildman–Crippen MR) is 99.3 cm³/mol. The van der Waals surface area contributed by atoms with E-state index in [4.69, 9.17) is 14.7 Å². The number of fused-ring (bicyclic) bond motifs is 5. The number of nitrogens with zero attached hydrogens (tertiary/aromatic N) is 2. The lowest BCUT2D eigenvalue weighted by atomic mass is 9.78. The molecule has 0 spiro atoms. The first kappa shape index (κ1) is 20.6. The standard InChI is InChI=1S/C21H21F3N2O4/c1-4-7-29-14-9-19(2)15-16(20(14,3)30-19)18(28)26(17(15)27)12-6-5-11(10-25)13(8-12)21(22,23)24/h5-6,8,14,27-28H,4,7,9H2,1-3H3/t14-,19+,20-/m0/s1. The van der Waals surface area contributed by atoms with Gasteiger partial charge in [0.25, 0.3) is 0 Å². The Morgan fingerprint density at radius 3 is 2.53 bits per heavy atom. The van der Waals surface area contributed by atoms with Crippen molar-refractivity contribution in [2.24, 2.45) is 0 Å². The molecule has 1 aromatic heterocycles. The Hall–Kier alpha value is -2.70. The van der Waals surface area contributed by atoms with E-state index < -0.39 is 34.4 Å². The Labute approximate surface area is 171 Å². The van der Waals surface area contributed by atoms with Gasteiger partial charge >= 0.3 is 6.18 Å². The highest BCUT2D eigenvalue weighted by Gasteiger charge is 2.65. The van der Waals surface area contributed by atoms with Gasteiger partial charge in [0.1, 0.15) is 5.60 Å². The molecule has 2 aliphatic rings. The van der Waals surface area contributed by atoms with Gasteiger partial charge in [-0.15, -0.1) is 0 Å². The fourth-order valence-corrected chi connectivity index (χ4v) is 4.73. The normalized spacial score (nSPS) is 27.3. The Morgan fingerprint density at radius 2 is 1.93 bits per heavy atom. The second-order valence-electron chi connectivity index (χ2n) is 8.08. The van der Waals surface area contributed by atoms with E-state index in [1.807, 2.05) is 6.92 Å². The second-order valence-corrected chi connectivity index (χ2v) is 8.08. The van der Waals surface area contributed by atoms with Gasteiger partial charge in [0.2, 0.25) is 11.8 Å². The summed E-state index contributed by atoms with van der Waals surface area (Å²) in [4.78, 5) is 0. The number of alkyl halides is 3. The highest BCUT2D eigenvalue weighted by atomic mass is 19.4. The average Bonchev–Trinajstić information content (AvgIpc) is 3.19. The monoisotopic (exact) mass is 422 g/mol. The van der Waals surface area contributed by atoms with Crippen molar-refractivity contribution in [3.05, 3.63) is 40.5 Å². The molecule has 0 amide bonds. The van der Waals surface area contributed by atoms with Crippen LogP contribution in [0.25, 0.3) is 5.69 Å². The number of halogens is 3. The van der Waals surface area contributed by atoms with Gasteiger partial charge in [0, 0.05) is 13.0 Å². The van der Waals surface area contributed by atoms with Crippen LogP contribution in [-0.4, -0.2) is 27.5 Å². The van der Waals surface area contributed by atoms with Crippen LogP contribution in [0.2, 0.25) is 0 Å². The molecule has 2 bridgehead atoms. The lowest BCUT2D eigenvalue weighted by Crippen LogP contribution is -2.35. The van der Waals surface area contributed by atoms with Crippen LogP contribution in [0.4, 0.5) is 13.2 Å². The maximum absolute atomic E-state index is 13.4. The third kappa shape index (κ3) is 2.63. The van der Waals surface area contributed by atoms with Crippen LogP contribution in [0.5, 0.6) is 11.8 Å². The van der Waals surface area contributed by atoms with Crippen LogP contribution in [0.15, 0.2) is 18.2 Å². The summed E-state index contributed by atoms with van der Waals surface area (Å²) < 4.78 is 53.2. The summed E-state index contributed by atoms with van der Waals surface area (Å²) in [6.07, 6.45) is -3.90. The second kappa shape index (κ2) is 6.40. The van der Waals surface area contributed by atoms with Gasteiger partial charge in [-0.2, -0.15) is 18.4 Å². The minimum Gasteiger partial charge on any atom is -0.494 e. The van der Waals surface area contributed by atoms with Gasteiger partial charge in [0.15, 0.2) is 0 Å². The Bertz CT molecular complexity index is 1070. The van der Waals surface area contributed by atoms with Gasteiger partial charge in [-0.3, -0.25) is 4.57 Å². The molecular formula is C21H21F3N2O4. The fourth-order valence-electron chi connectivity index (χ4n) is 4.73. The minimum absolute atomic E-state index is 0.108. The largest absolute Gasteiger partial charge is 0.494 e. The van der Waals surface area contributed by atoms with Crippen molar-refractivity contribution in [3.63, 3.8) is 0 Å². The molecule has 0 radical (unpaired) electrons. The van der Waals surface area contributed by atoms with Gasteiger partial charge in [-0.25, -0.2) is 0 Å². The molecular weight excluding hydrogens is 401 g/mol. The van der Waals surface area contributed by atoms with Gasteiger partial charge in [-0.1, -0.05) is 6.92 Å². The van der Waals surface area contributed by atoms with Crippen molar-refractivity contribution in [2.75, 3.05) is 6.61 Å². The molecule has 2 N–H and O–H groups in total. The summed E-state index contributed by atoms with van der Waals surface area (Å²) in [5, 5.41) is 30.9. The zero-order chi connectivity index (χ0) is 22.1. The van der Waals surface area contributed by atoms with Gasteiger partial charge < -0.3 is 19.7 Å². The Kier molecular flexibility index (Phi) is 4.39. The predicted octanol–water partition coefficient (Wildman–Crippen LogP) is 4.44. The van der Waals surface area contributed by atoms with Crippen LogP contribution in [0.1, 0.15) is 55.9 Å². The smallest absolute Gasteiger partial charge is 0.417 e. The van der Waals surface area contributed by atoms with Crippen LogP contribution in [0, 0.1) is 11.3 Å². The molecule has 1 aromatic carbocycles. The first-order valence-corrected chi connectivity index (χ1v) is 9.59. The van der Waals surface area contributed by atoms with Crippen LogP contribution >= 0.6 is 0 Å². The molecule has 0 aliphatic carbocycles. The molecule has 9 heteroatoms. The summed E-state index contributed by atoms with van der Waals surface area (Å²) in [5.41, 5.74) is -3.13. The summed E-state index contributed by atoms with van der Waals surface area (Å²) in [7, 11) is 0. The number of nitriles is 1. The van der Waals surface area contributed by atoms with E-state index in [1.165, 1.54) is 12.1 Å². The lowest BCUT2D eigenvalue weighted by Gasteiger charge is -2.29. The van der Waals surface area contributed by atoms with Crippen LogP contribution in [-0.2, 0) is 26.9 Å². The van der Waals surface area contributed by atoms with Crippen molar-refractivity contribution in [3.8, 4) is 23.5 Å². The fraction of sp³-hybridized carbons (Fsp3) is 0.476. The first-order valence-electron chi connectivity index (χ1n) is 9.59. The maximum atomic E-state index is 13.4. The minimum atomic E-state index is -4.76. The van der Waals surface area contributed by atoms with E-state index in [2.05, 4.69) is 0 Å². The molecule has 0 saturated carbocycles. The van der Waals surface area contributed by atoms with Crippen molar-refractivity contribution >= 4 is 0 Å². The molecule has 3 atom stereocenters. The lowest BCUT2D eigenvalue weighted by molar-refractivity contribution is -0.137. The van der Waals surface area contributed by atoms with Crippen molar-refractivity contribution in [1.82, 2.24) is 4.57 Å². The molecule has 2 aromatic rings. The van der Waals surface area contributed by atoms with E-state index in [1.54, 1.807) is 13.8 Å². The number of aromatic nitrogens is 1. The van der Waals surface area contributed by atoms with Crippen molar-refractivity contribution < 1.29 is 32.9 Å². The molecule has 2 aliphatic heterocycles. The topological polar surface area (TPSA) is 87.6 Å². The third-order valence-electron chi connectivity index (χ3n) is 5.98. The highest BCUT2D eigenvalue weighted by Crippen LogP contribution is 2.65. The molecule has 3 heterocycles. The highest BCUT2D eigenvalue weighted by molar-refractivity contribution is 5.62. The van der Waals surface area contributed by atoms with E-state index in [0.717, 1.165) is 23.1 Å². The van der Waals surface area contributed by atoms with E-state index in [9.17, 15) is 23.4 Å². The Balaban J connectivity index is 1.89. The Morgan fingerprint density at radius 1 is 1.27 bits per heavy atom. The quantitative estimate of drug-likeness (QED) is 0.761. The molecule has 0 unspecified atom stereocenters. The van der Waals surface area contributed by atoms with Gasteiger partial charge in [0.05, 0.1) is 45.7 Å². The molecule has 1 saturated heterocycles. The van der Waals surface area contributed by atoms with Gasteiger partial charge in [-0.05, 0) is 38.5 Å². The number of aromatic hydroxyl groups is 2. The van der Waals surface area contributed by atoms with Crippen LogP contribution in [0.3, 0.4) is 0 Å². The molecule has 30 heavy (non-hydrogen) atoms. The number of benzene rings is 1. The van der Waals surface area contributed by atoms with E-state index >= 15 is 0 Å². The zero-order valence-electron chi connectivity index (χ0n) is 16.7. The number of hydrogen-bond acceptors (Lipinski definition) is 5. The molecule has 6 nitrogen and oxygen atoms in total. The number of ether oxygens (including phenoxy) is 2. The summed E-state index contributed by atoms with van der Waals surface area (Å²) in [6, 6.07) is 4.53. The van der Waals surface area contributed by atoms with E-state index in [-0.39, 0.29) is 17.7 Å². The summed E-state index contributed by atoms with van der Waals surface area (Å²) in [6.45, 7) is 5.96. The molecule has 4 rings (SSSR count). The van der Waals surface area contributed by atoms with Crippen molar-refractivity contribution in [2.45, 2.75) is 57.1 Å². The molecule has 160 valence electrons. The zero-order valence-corrected chi connectivity index (χ0v) is 16.7. The van der Waals surface area contributed by atoms with Crippen LogP contribution < -0.4 is 0 Å². The SMILES string of the molecule is CCCO[C@H]1C[C@@]2(C)O[C@]1(C)c1c2c(O)n(-c2ccc(C#N)c(C(F)(F)F)c2)c1O. The number of hydrogen-bond donors (Lipinski definition) is 2. The summed E-state index contributed by atoms with van der Waals surface area (Å²) in [5.74, 6) is -0.795.